The topological polar surface area (TPSA) is 86.3 Å². The molecule has 19 heavy (non-hydrogen) atoms. The van der Waals surface area contributed by atoms with Crippen molar-refractivity contribution in [3.63, 3.8) is 0 Å². The fourth-order valence-electron chi connectivity index (χ4n) is 2.57. The van der Waals surface area contributed by atoms with Gasteiger partial charge in [-0.3, -0.25) is 14.7 Å². The van der Waals surface area contributed by atoms with Gasteiger partial charge in [-0.2, -0.15) is 5.10 Å². The maximum Gasteiger partial charge on any atom is 0.303 e. The lowest BCUT2D eigenvalue weighted by atomic mass is 9.97. The lowest BCUT2D eigenvalue weighted by Gasteiger charge is -2.35. The predicted molar refractivity (Wildman–Crippen MR) is 68.5 cm³/mol. The summed E-state index contributed by atoms with van der Waals surface area (Å²) in [6.45, 7) is 0.733. The van der Waals surface area contributed by atoms with Crippen molar-refractivity contribution in [3.05, 3.63) is 18.0 Å². The molecule has 1 aromatic heterocycles. The van der Waals surface area contributed by atoms with Crippen LogP contribution in [0.15, 0.2) is 12.3 Å². The van der Waals surface area contributed by atoms with Crippen molar-refractivity contribution in [1.82, 2.24) is 15.1 Å². The molecule has 2 N–H and O–H groups in total. The molecule has 2 heterocycles. The molecular weight excluding hydrogens is 246 g/mol. The molecule has 0 radical (unpaired) electrons. The number of aromatic amines is 1. The van der Waals surface area contributed by atoms with Gasteiger partial charge in [-0.25, -0.2) is 0 Å². The normalized spacial score (nSPS) is 19.4. The predicted octanol–water partition coefficient (Wildman–Crippen LogP) is 1.20. The maximum absolute atomic E-state index is 12.3. The Hall–Kier alpha value is -1.85. The van der Waals surface area contributed by atoms with E-state index < -0.39 is 5.97 Å². The van der Waals surface area contributed by atoms with Crippen LogP contribution in [0.1, 0.15) is 37.8 Å². The van der Waals surface area contributed by atoms with Crippen LogP contribution in [0.5, 0.6) is 0 Å². The number of H-pyrrole nitrogens is 1. The lowest BCUT2D eigenvalue weighted by Crippen LogP contribution is -2.44. The summed E-state index contributed by atoms with van der Waals surface area (Å²) in [5, 5.41) is 15.4. The molecule has 6 heteroatoms. The number of aliphatic carboxylic acids is 1. The van der Waals surface area contributed by atoms with Crippen molar-refractivity contribution >= 4 is 11.9 Å². The van der Waals surface area contributed by atoms with E-state index in [4.69, 9.17) is 5.11 Å². The molecule has 1 saturated heterocycles. The average Bonchev–Trinajstić information content (AvgIpc) is 2.89. The van der Waals surface area contributed by atoms with Crippen molar-refractivity contribution < 1.29 is 14.7 Å². The van der Waals surface area contributed by atoms with E-state index in [1.165, 1.54) is 0 Å². The summed E-state index contributed by atoms with van der Waals surface area (Å²) < 4.78 is 0. The third kappa shape index (κ3) is 3.81. The molecule has 1 aromatic rings. The van der Waals surface area contributed by atoms with Crippen LogP contribution in [-0.4, -0.2) is 44.7 Å². The van der Waals surface area contributed by atoms with Crippen LogP contribution in [0.2, 0.25) is 0 Å². The number of nitrogens with one attached hydrogen (secondary N) is 1. The van der Waals surface area contributed by atoms with Gasteiger partial charge in [0.1, 0.15) is 0 Å². The molecule has 0 saturated carbocycles. The molecule has 0 bridgehead atoms. The minimum absolute atomic E-state index is 0.0549. The third-order valence-corrected chi connectivity index (χ3v) is 3.54. The highest BCUT2D eigenvalue weighted by atomic mass is 16.4. The highest BCUT2D eigenvalue weighted by Gasteiger charge is 2.27. The van der Waals surface area contributed by atoms with Gasteiger partial charge >= 0.3 is 5.97 Å². The van der Waals surface area contributed by atoms with Crippen LogP contribution in [0.3, 0.4) is 0 Å². The second-order valence-electron chi connectivity index (χ2n) is 4.93. The zero-order valence-electron chi connectivity index (χ0n) is 10.8. The van der Waals surface area contributed by atoms with Crippen LogP contribution < -0.4 is 0 Å². The Bertz CT molecular complexity index is 430. The molecule has 6 nitrogen and oxygen atoms in total. The number of carboxylic acids is 1. The Balaban J connectivity index is 1.94. The molecule has 2 rings (SSSR count). The molecule has 1 aliphatic rings. The number of carbonyl (C=O) groups excluding carboxylic acids is 1. The first-order valence-corrected chi connectivity index (χ1v) is 6.66. The molecule has 0 aliphatic carbocycles. The Morgan fingerprint density at radius 3 is 3.00 bits per heavy atom. The molecule has 1 atom stereocenters. The van der Waals surface area contributed by atoms with Gasteiger partial charge in [-0.15, -0.1) is 0 Å². The molecule has 0 aromatic carbocycles. The van der Waals surface area contributed by atoms with Crippen molar-refractivity contribution in [2.24, 2.45) is 0 Å². The fourth-order valence-corrected chi connectivity index (χ4v) is 2.57. The second kappa shape index (κ2) is 6.36. The zero-order valence-corrected chi connectivity index (χ0v) is 10.8. The van der Waals surface area contributed by atoms with E-state index in [2.05, 4.69) is 10.2 Å². The Kier molecular flexibility index (Phi) is 4.54. The monoisotopic (exact) mass is 265 g/mol. The minimum Gasteiger partial charge on any atom is -0.481 e. The average molecular weight is 265 g/mol. The summed E-state index contributed by atoms with van der Waals surface area (Å²) >= 11 is 0. The van der Waals surface area contributed by atoms with E-state index >= 15 is 0 Å². The Morgan fingerprint density at radius 1 is 1.47 bits per heavy atom. The molecule has 1 unspecified atom stereocenters. The van der Waals surface area contributed by atoms with Gasteiger partial charge in [0.15, 0.2) is 0 Å². The Labute approximate surface area is 111 Å². The highest BCUT2D eigenvalue weighted by Crippen LogP contribution is 2.21. The first kappa shape index (κ1) is 13.6. The van der Waals surface area contributed by atoms with Gasteiger partial charge in [0.2, 0.25) is 5.91 Å². The van der Waals surface area contributed by atoms with E-state index in [0.717, 1.165) is 31.5 Å². The van der Waals surface area contributed by atoms with Gasteiger partial charge in [0.25, 0.3) is 0 Å². The number of aromatic nitrogens is 2. The number of carboxylic acid groups (broad SMARTS) is 1. The number of hydrogen-bond donors (Lipinski definition) is 2. The van der Waals surface area contributed by atoms with Crippen LogP contribution in [-0.2, 0) is 16.0 Å². The lowest BCUT2D eigenvalue weighted by molar-refractivity contribution is -0.139. The maximum atomic E-state index is 12.3. The number of nitrogens with zero attached hydrogens (tertiary/aromatic N) is 2. The van der Waals surface area contributed by atoms with Crippen LogP contribution in [0, 0.1) is 0 Å². The van der Waals surface area contributed by atoms with Crippen LogP contribution >= 0.6 is 0 Å². The standard InChI is InChI=1S/C13H19N3O3/c17-12(9-10-6-7-14-15-10)16-8-2-1-3-11(16)4-5-13(18)19/h6-7,11H,1-5,8-9H2,(H,14,15)(H,18,19). The van der Waals surface area contributed by atoms with E-state index in [1.807, 2.05) is 4.90 Å². The van der Waals surface area contributed by atoms with Crippen LogP contribution in [0.25, 0.3) is 0 Å². The molecule has 0 spiro atoms. The quantitative estimate of drug-likeness (QED) is 0.837. The number of amides is 1. The van der Waals surface area contributed by atoms with Gasteiger partial charge in [-0.05, 0) is 31.7 Å². The molecule has 1 fully saturated rings. The van der Waals surface area contributed by atoms with Crippen LogP contribution in [0.4, 0.5) is 0 Å². The first-order valence-electron chi connectivity index (χ1n) is 6.66. The smallest absolute Gasteiger partial charge is 0.303 e. The van der Waals surface area contributed by atoms with Gasteiger partial charge in [0.05, 0.1) is 6.42 Å². The molecule has 1 aliphatic heterocycles. The number of piperidine rings is 1. The number of hydrogen-bond acceptors (Lipinski definition) is 3. The Morgan fingerprint density at radius 2 is 2.32 bits per heavy atom. The number of carbonyl (C=O) groups is 2. The second-order valence-corrected chi connectivity index (χ2v) is 4.93. The fraction of sp³-hybridized carbons (Fsp3) is 0.615. The summed E-state index contributed by atoms with van der Waals surface area (Å²) in [5.41, 5.74) is 0.799. The van der Waals surface area contributed by atoms with Gasteiger partial charge in [-0.1, -0.05) is 0 Å². The van der Waals surface area contributed by atoms with Gasteiger partial charge < -0.3 is 10.0 Å². The minimum atomic E-state index is -0.799. The number of likely N-dealkylation sites (tertiary alicyclic amines) is 1. The first-order chi connectivity index (χ1) is 9.16. The molecule has 104 valence electrons. The summed E-state index contributed by atoms with van der Waals surface area (Å²) in [4.78, 5) is 24.7. The highest BCUT2D eigenvalue weighted by molar-refractivity contribution is 5.78. The summed E-state index contributed by atoms with van der Waals surface area (Å²) in [6, 6.07) is 1.86. The molecule has 1 amide bonds. The zero-order chi connectivity index (χ0) is 13.7. The van der Waals surface area contributed by atoms with Gasteiger partial charge in [0, 0.05) is 30.9 Å². The van der Waals surface area contributed by atoms with E-state index in [9.17, 15) is 9.59 Å². The summed E-state index contributed by atoms with van der Waals surface area (Å²) in [6.07, 6.45) is 5.57. The summed E-state index contributed by atoms with van der Waals surface area (Å²) in [7, 11) is 0. The van der Waals surface area contributed by atoms with Crippen molar-refractivity contribution in [2.75, 3.05) is 6.54 Å². The van der Waals surface area contributed by atoms with E-state index in [1.54, 1.807) is 12.3 Å². The number of rotatable bonds is 5. The third-order valence-electron chi connectivity index (χ3n) is 3.54. The van der Waals surface area contributed by atoms with Crippen molar-refractivity contribution in [3.8, 4) is 0 Å². The van der Waals surface area contributed by atoms with Crippen molar-refractivity contribution in [1.29, 1.82) is 0 Å². The van der Waals surface area contributed by atoms with Crippen molar-refractivity contribution in [2.45, 2.75) is 44.6 Å². The summed E-state index contributed by atoms with van der Waals surface area (Å²) in [5.74, 6) is -0.745. The van der Waals surface area contributed by atoms with E-state index in [-0.39, 0.29) is 18.4 Å². The SMILES string of the molecule is O=C(O)CCC1CCCCN1C(=O)Cc1ccn[nH]1. The molecular formula is C13H19N3O3. The largest absolute Gasteiger partial charge is 0.481 e. The van der Waals surface area contributed by atoms with E-state index in [0.29, 0.717) is 12.8 Å².